The van der Waals surface area contributed by atoms with E-state index in [0.717, 1.165) is 32.7 Å². The van der Waals surface area contributed by atoms with E-state index in [1.807, 2.05) is 0 Å². The highest BCUT2D eigenvalue weighted by atomic mass is 16.5. The van der Waals surface area contributed by atoms with Gasteiger partial charge in [-0.2, -0.15) is 0 Å². The van der Waals surface area contributed by atoms with Crippen LogP contribution in [0, 0.1) is 0 Å². The Bertz CT molecular complexity index is 161. The fourth-order valence-electron chi connectivity index (χ4n) is 1.45. The van der Waals surface area contributed by atoms with E-state index in [-0.39, 0.29) is 6.61 Å². The number of aliphatic hydroxyl groups is 1. The van der Waals surface area contributed by atoms with Crippen molar-refractivity contribution >= 4 is 0 Å². The van der Waals surface area contributed by atoms with Crippen LogP contribution in [-0.4, -0.2) is 64.6 Å². The first-order valence-electron chi connectivity index (χ1n) is 9.25. The van der Waals surface area contributed by atoms with Crippen LogP contribution in [0.2, 0.25) is 0 Å². The predicted octanol–water partition coefficient (Wildman–Crippen LogP) is 3.43. The van der Waals surface area contributed by atoms with Gasteiger partial charge in [0.25, 0.3) is 0 Å². The maximum Gasteiger partial charge on any atom is 0.0701 e. The lowest BCUT2D eigenvalue weighted by molar-refractivity contribution is 0.00735. The van der Waals surface area contributed by atoms with Gasteiger partial charge in [0.2, 0.25) is 0 Å². The highest BCUT2D eigenvalue weighted by Gasteiger charge is 1.90. The highest BCUT2D eigenvalue weighted by molar-refractivity contribution is 4.35. The van der Waals surface area contributed by atoms with Gasteiger partial charge in [-0.3, -0.25) is 0 Å². The molecule has 0 bridgehead atoms. The van der Waals surface area contributed by atoms with Crippen molar-refractivity contribution in [3.05, 3.63) is 0 Å². The highest BCUT2D eigenvalue weighted by Crippen LogP contribution is 1.91. The molecule has 0 saturated heterocycles. The lowest BCUT2D eigenvalue weighted by Gasteiger charge is -2.05. The number of aliphatic hydroxyl groups excluding tert-OH is 1. The minimum Gasteiger partial charge on any atom is -0.394 e. The van der Waals surface area contributed by atoms with Crippen LogP contribution in [0.1, 0.15) is 59.3 Å². The van der Waals surface area contributed by atoms with Crippen LogP contribution in [0.5, 0.6) is 0 Å². The molecule has 0 atom stereocenters. The number of unbranched alkanes of at least 4 members (excludes halogenated alkanes) is 3. The van der Waals surface area contributed by atoms with Crippen molar-refractivity contribution in [2.24, 2.45) is 0 Å². The Morgan fingerprint density at radius 1 is 0.478 bits per heavy atom. The average Bonchev–Trinajstić information content (AvgIpc) is 2.57. The Balaban J connectivity index is 0. The molecule has 0 rings (SSSR count). The first-order chi connectivity index (χ1) is 11.3. The Labute approximate surface area is 143 Å². The zero-order chi connectivity index (χ0) is 17.4. The lowest BCUT2D eigenvalue weighted by Crippen LogP contribution is -2.11. The maximum atomic E-state index is 8.40. The second kappa shape index (κ2) is 26.7. The quantitative estimate of drug-likeness (QED) is 0.412. The van der Waals surface area contributed by atoms with E-state index >= 15 is 0 Å². The molecule has 0 aromatic carbocycles. The standard InChI is InChI=1S/C10H22O4.C8H18O/c1-2-3-5-12-7-9-14-10-8-13-6-4-11;1-3-5-7-9-8-6-4-2/h11H,2-10H2,1H3;3-8H2,1-2H3. The third kappa shape index (κ3) is 30.3. The molecule has 0 saturated carbocycles. The maximum absolute atomic E-state index is 8.40. The molecule has 5 heteroatoms. The fraction of sp³-hybridized carbons (Fsp3) is 1.00. The summed E-state index contributed by atoms with van der Waals surface area (Å²) >= 11 is 0. The molecule has 0 amide bonds. The van der Waals surface area contributed by atoms with Crippen molar-refractivity contribution in [1.29, 1.82) is 0 Å². The second-order valence-corrected chi connectivity index (χ2v) is 5.23. The van der Waals surface area contributed by atoms with Crippen LogP contribution in [-0.2, 0) is 18.9 Å². The zero-order valence-corrected chi connectivity index (χ0v) is 15.7. The minimum atomic E-state index is 0.0696. The summed E-state index contributed by atoms with van der Waals surface area (Å²) < 4.78 is 20.9. The van der Waals surface area contributed by atoms with Crippen LogP contribution in [0.3, 0.4) is 0 Å². The summed E-state index contributed by atoms with van der Waals surface area (Å²) in [5.74, 6) is 0. The summed E-state index contributed by atoms with van der Waals surface area (Å²) in [6.45, 7) is 12.1. The van der Waals surface area contributed by atoms with Crippen molar-refractivity contribution in [2.75, 3.05) is 59.5 Å². The molecule has 23 heavy (non-hydrogen) atoms. The topological polar surface area (TPSA) is 57.2 Å². The van der Waals surface area contributed by atoms with E-state index in [2.05, 4.69) is 20.8 Å². The third-order valence-electron chi connectivity index (χ3n) is 2.91. The molecular formula is C18H40O5. The van der Waals surface area contributed by atoms with E-state index in [9.17, 15) is 0 Å². The Morgan fingerprint density at radius 3 is 1.13 bits per heavy atom. The van der Waals surface area contributed by atoms with Gasteiger partial charge in [0.05, 0.1) is 39.6 Å². The summed E-state index contributed by atoms with van der Waals surface area (Å²) in [5, 5.41) is 8.40. The minimum absolute atomic E-state index is 0.0696. The van der Waals surface area contributed by atoms with Crippen LogP contribution >= 0.6 is 0 Å². The monoisotopic (exact) mass is 336 g/mol. The molecule has 0 aromatic rings. The number of rotatable bonds is 17. The van der Waals surface area contributed by atoms with Crippen molar-refractivity contribution in [3.8, 4) is 0 Å². The van der Waals surface area contributed by atoms with E-state index in [4.69, 9.17) is 24.1 Å². The average molecular weight is 337 g/mol. The van der Waals surface area contributed by atoms with Gasteiger partial charge < -0.3 is 24.1 Å². The number of ether oxygens (including phenoxy) is 4. The second-order valence-electron chi connectivity index (χ2n) is 5.23. The summed E-state index contributed by atoms with van der Waals surface area (Å²) in [4.78, 5) is 0. The number of hydrogen-bond acceptors (Lipinski definition) is 5. The molecule has 0 aromatic heterocycles. The lowest BCUT2D eigenvalue weighted by atomic mass is 10.3. The molecule has 0 fully saturated rings. The van der Waals surface area contributed by atoms with Crippen LogP contribution < -0.4 is 0 Å². The fourth-order valence-corrected chi connectivity index (χ4v) is 1.45. The summed E-state index contributed by atoms with van der Waals surface area (Å²) in [5.41, 5.74) is 0. The molecule has 1 N–H and O–H groups in total. The third-order valence-corrected chi connectivity index (χ3v) is 2.91. The van der Waals surface area contributed by atoms with Gasteiger partial charge in [-0.25, -0.2) is 0 Å². The largest absolute Gasteiger partial charge is 0.394 e. The van der Waals surface area contributed by atoms with Crippen molar-refractivity contribution < 1.29 is 24.1 Å². The number of hydrogen-bond donors (Lipinski definition) is 1. The molecule has 0 aliphatic carbocycles. The predicted molar refractivity (Wildman–Crippen MR) is 95.1 cm³/mol. The van der Waals surface area contributed by atoms with Gasteiger partial charge in [-0.05, 0) is 19.3 Å². The van der Waals surface area contributed by atoms with E-state index < -0.39 is 0 Å². The van der Waals surface area contributed by atoms with Crippen molar-refractivity contribution in [3.63, 3.8) is 0 Å². The van der Waals surface area contributed by atoms with E-state index in [0.29, 0.717) is 33.0 Å². The summed E-state index contributed by atoms with van der Waals surface area (Å²) in [6, 6.07) is 0. The van der Waals surface area contributed by atoms with Crippen LogP contribution in [0.15, 0.2) is 0 Å². The summed E-state index contributed by atoms with van der Waals surface area (Å²) in [6.07, 6.45) is 7.18. The first-order valence-corrected chi connectivity index (χ1v) is 9.25. The molecule has 142 valence electrons. The zero-order valence-electron chi connectivity index (χ0n) is 15.7. The molecule has 5 nitrogen and oxygen atoms in total. The molecular weight excluding hydrogens is 296 g/mol. The van der Waals surface area contributed by atoms with Crippen molar-refractivity contribution in [2.45, 2.75) is 59.3 Å². The molecule has 0 spiro atoms. The molecule has 0 aliphatic rings. The van der Waals surface area contributed by atoms with E-state index in [1.54, 1.807) is 0 Å². The summed E-state index contributed by atoms with van der Waals surface area (Å²) in [7, 11) is 0. The Morgan fingerprint density at radius 2 is 0.783 bits per heavy atom. The van der Waals surface area contributed by atoms with E-state index in [1.165, 1.54) is 25.7 Å². The van der Waals surface area contributed by atoms with Gasteiger partial charge in [0.15, 0.2) is 0 Å². The van der Waals surface area contributed by atoms with Crippen LogP contribution in [0.4, 0.5) is 0 Å². The molecule has 0 aliphatic heterocycles. The first kappa shape index (κ1) is 25.0. The smallest absolute Gasteiger partial charge is 0.0701 e. The van der Waals surface area contributed by atoms with Gasteiger partial charge in [-0.15, -0.1) is 0 Å². The van der Waals surface area contributed by atoms with Gasteiger partial charge in [0, 0.05) is 19.8 Å². The van der Waals surface area contributed by atoms with Gasteiger partial charge >= 0.3 is 0 Å². The Kier molecular flexibility index (Phi) is 29.1. The molecule has 0 heterocycles. The van der Waals surface area contributed by atoms with Gasteiger partial charge in [-0.1, -0.05) is 40.0 Å². The Hall–Kier alpha value is -0.200. The van der Waals surface area contributed by atoms with Gasteiger partial charge in [0.1, 0.15) is 0 Å². The SMILES string of the molecule is CCCCOCCCC.CCCCOCCOCCOCCO. The molecule has 0 unspecified atom stereocenters. The van der Waals surface area contributed by atoms with Crippen LogP contribution in [0.25, 0.3) is 0 Å². The molecule has 0 radical (unpaired) electrons. The normalized spacial score (nSPS) is 10.4. The van der Waals surface area contributed by atoms with Crippen molar-refractivity contribution in [1.82, 2.24) is 0 Å².